The van der Waals surface area contributed by atoms with Gasteiger partial charge in [-0.25, -0.2) is 0 Å². The third kappa shape index (κ3) is 6.40. The van der Waals surface area contributed by atoms with Crippen molar-refractivity contribution in [2.45, 2.75) is 0 Å². The Morgan fingerprint density at radius 1 is 0.846 bits per heavy atom. The summed E-state index contributed by atoms with van der Waals surface area (Å²) < 4.78 is 15.8. The van der Waals surface area contributed by atoms with Gasteiger partial charge in [0.05, 0.1) is 41.1 Å². The largest absolute Gasteiger partial charge is 0.496 e. The quantitative estimate of drug-likeness (QED) is 0.162. The topological polar surface area (TPSA) is 210 Å². The number of carbonyl (C=O) groups excluding carboxylic acids is 1. The molecular formula is C24H17N5O10. The Hall–Kier alpha value is -6.04. The number of methoxy groups -OCH3 is 2. The summed E-state index contributed by atoms with van der Waals surface area (Å²) in [6, 6.07) is 12.4. The van der Waals surface area contributed by atoms with Crippen molar-refractivity contribution in [3.63, 3.8) is 0 Å². The Morgan fingerprint density at radius 3 is 2.13 bits per heavy atom. The molecule has 15 nitrogen and oxygen atoms in total. The summed E-state index contributed by atoms with van der Waals surface area (Å²) in [5.74, 6) is -1.02. The molecule has 3 rings (SSSR count). The van der Waals surface area contributed by atoms with Gasteiger partial charge in [-0.1, -0.05) is 6.07 Å². The highest BCUT2D eigenvalue weighted by Crippen LogP contribution is 2.39. The highest BCUT2D eigenvalue weighted by Gasteiger charge is 2.23. The predicted molar refractivity (Wildman–Crippen MR) is 135 cm³/mol. The van der Waals surface area contributed by atoms with Gasteiger partial charge in [-0.2, -0.15) is 5.26 Å². The van der Waals surface area contributed by atoms with E-state index in [0.29, 0.717) is 0 Å². The minimum atomic E-state index is -0.949. The Bertz CT molecular complexity index is 1560. The Balaban J connectivity index is 1.96. The molecule has 0 unspecified atom stereocenters. The second kappa shape index (κ2) is 11.8. The molecule has 1 amide bonds. The number of carbonyl (C=O) groups is 1. The lowest BCUT2D eigenvalue weighted by atomic mass is 10.1. The van der Waals surface area contributed by atoms with Gasteiger partial charge in [0.2, 0.25) is 5.75 Å². The smallest absolute Gasteiger partial charge is 0.318 e. The molecule has 0 radical (unpaired) electrons. The van der Waals surface area contributed by atoms with Crippen molar-refractivity contribution in [1.29, 1.82) is 5.26 Å². The standard InChI is InChI=1S/C24H17N5O10/c1-37-17-5-6-18(19(12-17)28(33)34)26-24(30)15(13-25)9-14-3-7-22(38-2)23(10-14)39-21-8-4-16(27(31)32)11-20(21)29(35)36/h3-12H,1-2H3,(H,26,30)/b15-9+. The number of amides is 1. The maximum Gasteiger partial charge on any atom is 0.318 e. The lowest BCUT2D eigenvalue weighted by Crippen LogP contribution is -2.14. The average molecular weight is 535 g/mol. The minimum Gasteiger partial charge on any atom is -0.496 e. The van der Waals surface area contributed by atoms with Crippen LogP contribution in [0.25, 0.3) is 6.08 Å². The maximum absolute atomic E-state index is 12.7. The van der Waals surface area contributed by atoms with Crippen LogP contribution in [0, 0.1) is 41.7 Å². The molecule has 0 heterocycles. The zero-order valence-corrected chi connectivity index (χ0v) is 20.1. The van der Waals surface area contributed by atoms with Crippen LogP contribution in [0.3, 0.4) is 0 Å². The number of nitrogens with one attached hydrogen (secondary N) is 1. The highest BCUT2D eigenvalue weighted by atomic mass is 16.6. The molecule has 0 fully saturated rings. The number of ether oxygens (including phenoxy) is 3. The zero-order chi connectivity index (χ0) is 28.7. The summed E-state index contributed by atoms with van der Waals surface area (Å²) in [7, 11) is 2.62. The van der Waals surface area contributed by atoms with Crippen molar-refractivity contribution in [1.82, 2.24) is 0 Å². The number of hydrogen-bond acceptors (Lipinski definition) is 11. The number of nitro benzene ring substituents is 3. The summed E-state index contributed by atoms with van der Waals surface area (Å²) in [4.78, 5) is 44.2. The number of rotatable bonds is 10. The molecule has 0 spiro atoms. The predicted octanol–water partition coefficient (Wildman–Crippen LogP) is 4.77. The fourth-order valence-electron chi connectivity index (χ4n) is 3.23. The van der Waals surface area contributed by atoms with Gasteiger partial charge in [-0.05, 0) is 42.0 Å². The van der Waals surface area contributed by atoms with E-state index >= 15 is 0 Å². The molecule has 198 valence electrons. The van der Waals surface area contributed by atoms with Crippen LogP contribution in [0.1, 0.15) is 5.56 Å². The van der Waals surface area contributed by atoms with E-state index in [9.17, 15) is 40.4 Å². The molecule has 0 aliphatic heterocycles. The summed E-state index contributed by atoms with van der Waals surface area (Å²) in [6.45, 7) is 0. The van der Waals surface area contributed by atoms with Crippen LogP contribution in [0.5, 0.6) is 23.0 Å². The molecule has 0 saturated heterocycles. The van der Waals surface area contributed by atoms with Crippen molar-refractivity contribution in [2.75, 3.05) is 19.5 Å². The molecule has 15 heteroatoms. The first-order valence-corrected chi connectivity index (χ1v) is 10.6. The molecule has 0 atom stereocenters. The molecule has 39 heavy (non-hydrogen) atoms. The zero-order valence-electron chi connectivity index (χ0n) is 20.1. The van der Waals surface area contributed by atoms with Crippen LogP contribution in [0.2, 0.25) is 0 Å². The van der Waals surface area contributed by atoms with Crippen LogP contribution in [-0.4, -0.2) is 34.9 Å². The van der Waals surface area contributed by atoms with Crippen molar-refractivity contribution in [3.05, 3.63) is 96.1 Å². The molecule has 0 aromatic heterocycles. The van der Waals surface area contributed by atoms with Crippen LogP contribution in [0.4, 0.5) is 22.7 Å². The first kappa shape index (κ1) is 27.5. The lowest BCUT2D eigenvalue weighted by Gasteiger charge is -2.11. The van der Waals surface area contributed by atoms with E-state index in [1.165, 1.54) is 44.6 Å². The molecule has 1 N–H and O–H groups in total. The normalized spacial score (nSPS) is 10.6. The summed E-state index contributed by atoms with van der Waals surface area (Å²) in [5.41, 5.74) is -2.02. The van der Waals surface area contributed by atoms with E-state index in [0.717, 1.165) is 30.3 Å². The van der Waals surface area contributed by atoms with Crippen LogP contribution in [0.15, 0.2) is 60.2 Å². The number of non-ortho nitro benzene ring substituents is 1. The van der Waals surface area contributed by atoms with Crippen LogP contribution in [-0.2, 0) is 4.79 Å². The van der Waals surface area contributed by atoms with Gasteiger partial charge in [0.25, 0.3) is 17.3 Å². The van der Waals surface area contributed by atoms with E-state index in [1.54, 1.807) is 6.07 Å². The number of benzene rings is 3. The molecule has 3 aromatic carbocycles. The van der Waals surface area contributed by atoms with Crippen molar-refractivity contribution in [3.8, 4) is 29.1 Å². The second-order valence-corrected chi connectivity index (χ2v) is 7.44. The highest BCUT2D eigenvalue weighted by molar-refractivity contribution is 6.10. The van der Waals surface area contributed by atoms with Gasteiger partial charge in [0.1, 0.15) is 23.1 Å². The fraction of sp³-hybridized carbons (Fsp3) is 0.0833. The van der Waals surface area contributed by atoms with E-state index in [-0.39, 0.29) is 34.2 Å². The number of anilines is 1. The van der Waals surface area contributed by atoms with Gasteiger partial charge < -0.3 is 19.5 Å². The molecule has 0 aliphatic carbocycles. The number of nitrogens with zero attached hydrogens (tertiary/aromatic N) is 4. The van der Waals surface area contributed by atoms with Crippen molar-refractivity contribution in [2.24, 2.45) is 0 Å². The van der Waals surface area contributed by atoms with Crippen molar-refractivity contribution >= 4 is 34.7 Å². The monoisotopic (exact) mass is 535 g/mol. The van der Waals surface area contributed by atoms with E-state index in [2.05, 4.69) is 5.32 Å². The molecule has 0 saturated carbocycles. The van der Waals surface area contributed by atoms with Gasteiger partial charge in [-0.15, -0.1) is 0 Å². The van der Waals surface area contributed by atoms with Crippen molar-refractivity contribution < 1.29 is 33.8 Å². The first-order chi connectivity index (χ1) is 18.6. The van der Waals surface area contributed by atoms with E-state index in [1.807, 2.05) is 0 Å². The summed E-state index contributed by atoms with van der Waals surface area (Å²) in [5, 5.41) is 45.7. The Morgan fingerprint density at radius 2 is 1.54 bits per heavy atom. The molecule has 0 aliphatic rings. The molecule has 3 aromatic rings. The van der Waals surface area contributed by atoms with E-state index in [4.69, 9.17) is 14.2 Å². The third-order valence-corrected chi connectivity index (χ3v) is 5.08. The maximum atomic E-state index is 12.7. The second-order valence-electron chi connectivity index (χ2n) is 7.44. The molecule has 0 bridgehead atoms. The van der Waals surface area contributed by atoms with Gasteiger partial charge in [0.15, 0.2) is 11.5 Å². The average Bonchev–Trinajstić information content (AvgIpc) is 2.91. The summed E-state index contributed by atoms with van der Waals surface area (Å²) in [6.07, 6.45) is 1.15. The fourth-order valence-corrected chi connectivity index (χ4v) is 3.23. The Labute approximate surface area is 218 Å². The van der Waals surface area contributed by atoms with E-state index < -0.39 is 43.3 Å². The SMILES string of the molecule is COc1ccc(NC(=O)/C(C#N)=C/c2ccc(OC)c(Oc3ccc([N+](=O)[O-])cc3[N+](=O)[O-])c2)c([N+](=O)[O-])c1. The third-order valence-electron chi connectivity index (χ3n) is 5.08. The first-order valence-electron chi connectivity index (χ1n) is 10.6. The van der Waals surface area contributed by atoms with Crippen LogP contribution >= 0.6 is 0 Å². The van der Waals surface area contributed by atoms with Gasteiger partial charge in [-0.3, -0.25) is 35.1 Å². The summed E-state index contributed by atoms with van der Waals surface area (Å²) >= 11 is 0. The van der Waals surface area contributed by atoms with Gasteiger partial charge in [0, 0.05) is 6.07 Å². The number of nitro groups is 3. The van der Waals surface area contributed by atoms with Crippen LogP contribution < -0.4 is 19.5 Å². The number of nitriles is 1. The lowest BCUT2D eigenvalue weighted by molar-refractivity contribution is -0.394. The minimum absolute atomic E-state index is 0.0632. The molecular weight excluding hydrogens is 518 g/mol. The number of hydrogen-bond donors (Lipinski definition) is 1. The Kier molecular flexibility index (Phi) is 8.33. The van der Waals surface area contributed by atoms with Gasteiger partial charge >= 0.3 is 5.69 Å².